The summed E-state index contributed by atoms with van der Waals surface area (Å²) in [4.78, 5) is 25.0. The minimum absolute atomic E-state index is 0.307. The third kappa shape index (κ3) is 4.17. The van der Waals surface area contributed by atoms with Gasteiger partial charge in [-0.05, 0) is 73.5 Å². The molecule has 29 heavy (non-hydrogen) atoms. The van der Waals surface area contributed by atoms with Crippen molar-refractivity contribution in [3.05, 3.63) is 76.3 Å². The van der Waals surface area contributed by atoms with Gasteiger partial charge in [-0.3, -0.25) is 4.79 Å². The number of aryl methyl sites for hydroxylation is 2. The van der Waals surface area contributed by atoms with Gasteiger partial charge in [0, 0.05) is 16.4 Å². The van der Waals surface area contributed by atoms with Crippen LogP contribution in [0.2, 0.25) is 5.02 Å². The molecule has 0 aliphatic carbocycles. The molecule has 1 heterocycles. The molecule has 6 nitrogen and oxygen atoms in total. The van der Waals surface area contributed by atoms with Gasteiger partial charge in [-0.1, -0.05) is 17.7 Å². The molecular weight excluding hydrogens is 390 g/mol. The van der Waals surface area contributed by atoms with Crippen LogP contribution in [-0.4, -0.2) is 11.9 Å². The predicted octanol–water partition coefficient (Wildman–Crippen LogP) is 5.96. The lowest BCUT2D eigenvalue weighted by atomic mass is 10.1. The highest BCUT2D eigenvalue weighted by atomic mass is 35.5. The molecule has 1 aliphatic heterocycles. The van der Waals surface area contributed by atoms with Crippen molar-refractivity contribution in [2.45, 2.75) is 13.8 Å². The molecule has 0 radical (unpaired) electrons. The first-order chi connectivity index (χ1) is 13.9. The number of halogens is 1. The molecule has 1 aliphatic rings. The Kier molecular flexibility index (Phi) is 4.86. The van der Waals surface area contributed by atoms with E-state index in [9.17, 15) is 9.59 Å². The van der Waals surface area contributed by atoms with Crippen LogP contribution < -0.4 is 20.7 Å². The van der Waals surface area contributed by atoms with Gasteiger partial charge in [-0.15, -0.1) is 0 Å². The Morgan fingerprint density at radius 1 is 0.897 bits per heavy atom. The topological polar surface area (TPSA) is 79.5 Å². The second kappa shape index (κ2) is 7.48. The predicted molar refractivity (Wildman–Crippen MR) is 114 cm³/mol. The van der Waals surface area contributed by atoms with Gasteiger partial charge in [0.1, 0.15) is 5.75 Å². The van der Waals surface area contributed by atoms with Crippen molar-refractivity contribution in [1.82, 2.24) is 0 Å². The van der Waals surface area contributed by atoms with E-state index in [2.05, 4.69) is 16.0 Å². The third-order valence-electron chi connectivity index (χ3n) is 4.37. The van der Waals surface area contributed by atoms with Crippen LogP contribution in [0.4, 0.5) is 21.9 Å². The molecule has 7 heteroatoms. The van der Waals surface area contributed by atoms with Crippen LogP contribution in [-0.2, 0) is 0 Å². The summed E-state index contributed by atoms with van der Waals surface area (Å²) in [6, 6.07) is 15.3. The fraction of sp³-hybridized carbons (Fsp3) is 0.0909. The number of anilines is 3. The Balaban J connectivity index is 1.54. The standard InChI is InChI=1S/C22H18ClN3O3/c1-12-7-13(2)9-16(8-12)25-22(28)24-15-4-6-19-17(11-15)21(27)26-18-10-14(23)3-5-20(18)29-19/h3-11H,1-2H3,(H,26,27)(H2,24,25,28). The number of benzene rings is 3. The Bertz CT molecular complexity index is 1120. The number of nitrogens with one attached hydrogen (secondary N) is 3. The first-order valence-electron chi connectivity index (χ1n) is 8.96. The van der Waals surface area contributed by atoms with E-state index in [4.69, 9.17) is 16.3 Å². The van der Waals surface area contributed by atoms with E-state index >= 15 is 0 Å². The molecule has 0 fully saturated rings. The highest BCUT2D eigenvalue weighted by Crippen LogP contribution is 2.37. The molecule has 146 valence electrons. The van der Waals surface area contributed by atoms with Crippen molar-refractivity contribution in [2.24, 2.45) is 0 Å². The monoisotopic (exact) mass is 407 g/mol. The van der Waals surface area contributed by atoms with Crippen molar-refractivity contribution in [3.8, 4) is 11.5 Å². The van der Waals surface area contributed by atoms with Gasteiger partial charge >= 0.3 is 6.03 Å². The SMILES string of the molecule is Cc1cc(C)cc(NC(=O)Nc2ccc3c(c2)C(=O)Nc2cc(Cl)ccc2O3)c1. The molecule has 3 amide bonds. The van der Waals surface area contributed by atoms with E-state index in [0.717, 1.165) is 11.1 Å². The Labute approximate surface area is 172 Å². The summed E-state index contributed by atoms with van der Waals surface area (Å²) in [7, 11) is 0. The van der Waals surface area contributed by atoms with E-state index in [-0.39, 0.29) is 5.91 Å². The maximum absolute atomic E-state index is 12.6. The minimum Gasteiger partial charge on any atom is -0.454 e. The maximum Gasteiger partial charge on any atom is 0.323 e. The summed E-state index contributed by atoms with van der Waals surface area (Å²) in [5.74, 6) is 0.540. The molecule has 3 aromatic rings. The highest BCUT2D eigenvalue weighted by Gasteiger charge is 2.21. The van der Waals surface area contributed by atoms with Crippen LogP contribution in [0.5, 0.6) is 11.5 Å². The smallest absolute Gasteiger partial charge is 0.323 e. The number of amides is 3. The van der Waals surface area contributed by atoms with Crippen LogP contribution in [0.1, 0.15) is 21.5 Å². The van der Waals surface area contributed by atoms with E-state index in [1.54, 1.807) is 36.4 Å². The minimum atomic E-state index is -0.403. The average Bonchev–Trinajstić information content (AvgIpc) is 2.76. The first-order valence-corrected chi connectivity index (χ1v) is 9.34. The number of carbonyl (C=O) groups is 2. The summed E-state index contributed by atoms with van der Waals surface area (Å²) < 4.78 is 5.84. The number of urea groups is 1. The lowest BCUT2D eigenvalue weighted by Gasteiger charge is -2.11. The van der Waals surface area contributed by atoms with Crippen LogP contribution in [0.25, 0.3) is 0 Å². The van der Waals surface area contributed by atoms with Gasteiger partial charge in [0.05, 0.1) is 11.3 Å². The Morgan fingerprint density at radius 3 is 2.34 bits per heavy atom. The summed E-state index contributed by atoms with van der Waals surface area (Å²) in [6.45, 7) is 3.93. The number of fused-ring (bicyclic) bond motifs is 2. The number of carbonyl (C=O) groups excluding carboxylic acids is 2. The van der Waals surface area contributed by atoms with Crippen molar-refractivity contribution in [1.29, 1.82) is 0 Å². The average molecular weight is 408 g/mol. The Hall–Kier alpha value is -3.51. The lowest BCUT2D eigenvalue weighted by molar-refractivity contribution is 0.102. The van der Waals surface area contributed by atoms with Crippen molar-refractivity contribution >= 4 is 40.6 Å². The zero-order chi connectivity index (χ0) is 20.5. The molecule has 3 aromatic carbocycles. The first kappa shape index (κ1) is 18.8. The number of ether oxygens (including phenoxy) is 1. The summed E-state index contributed by atoms with van der Waals surface area (Å²) in [6.07, 6.45) is 0. The molecule has 0 aromatic heterocycles. The molecule has 0 saturated carbocycles. The molecule has 0 spiro atoms. The van der Waals surface area contributed by atoms with Gasteiger partial charge < -0.3 is 20.7 Å². The van der Waals surface area contributed by atoms with E-state index in [1.807, 2.05) is 32.0 Å². The molecule has 0 unspecified atom stereocenters. The van der Waals surface area contributed by atoms with Crippen molar-refractivity contribution < 1.29 is 14.3 Å². The second-order valence-electron chi connectivity index (χ2n) is 6.86. The summed E-state index contributed by atoms with van der Waals surface area (Å²) in [5.41, 5.74) is 4.07. The van der Waals surface area contributed by atoms with Crippen LogP contribution in [0, 0.1) is 13.8 Å². The zero-order valence-corrected chi connectivity index (χ0v) is 16.6. The maximum atomic E-state index is 12.6. The molecule has 0 saturated heterocycles. The number of hydrogen-bond acceptors (Lipinski definition) is 3. The fourth-order valence-electron chi connectivity index (χ4n) is 3.21. The van der Waals surface area contributed by atoms with E-state index in [1.165, 1.54) is 0 Å². The normalized spacial score (nSPS) is 12.0. The summed E-state index contributed by atoms with van der Waals surface area (Å²) >= 11 is 6.00. The molecule has 0 bridgehead atoms. The van der Waals surface area contributed by atoms with Gasteiger partial charge in [-0.2, -0.15) is 0 Å². The Morgan fingerprint density at radius 2 is 1.59 bits per heavy atom. The number of rotatable bonds is 2. The zero-order valence-electron chi connectivity index (χ0n) is 15.8. The van der Waals surface area contributed by atoms with Gasteiger partial charge in [0.2, 0.25) is 0 Å². The summed E-state index contributed by atoms with van der Waals surface area (Å²) in [5, 5.41) is 8.81. The van der Waals surface area contributed by atoms with Crippen molar-refractivity contribution in [2.75, 3.05) is 16.0 Å². The third-order valence-corrected chi connectivity index (χ3v) is 4.61. The van der Waals surface area contributed by atoms with E-state index < -0.39 is 6.03 Å². The van der Waals surface area contributed by atoms with E-state index in [0.29, 0.717) is 39.1 Å². The van der Waals surface area contributed by atoms with Crippen molar-refractivity contribution in [3.63, 3.8) is 0 Å². The number of hydrogen-bond donors (Lipinski definition) is 3. The second-order valence-corrected chi connectivity index (χ2v) is 7.30. The van der Waals surface area contributed by atoms with Crippen LogP contribution >= 0.6 is 11.6 Å². The van der Waals surface area contributed by atoms with Gasteiger partial charge in [0.25, 0.3) is 5.91 Å². The van der Waals surface area contributed by atoms with Gasteiger partial charge in [0.15, 0.2) is 5.75 Å². The molecule has 3 N–H and O–H groups in total. The van der Waals surface area contributed by atoms with Gasteiger partial charge in [-0.25, -0.2) is 4.79 Å². The van der Waals surface area contributed by atoms with Crippen LogP contribution in [0.3, 0.4) is 0 Å². The highest BCUT2D eigenvalue weighted by molar-refractivity contribution is 6.31. The quantitative estimate of drug-likeness (QED) is 0.490. The van der Waals surface area contributed by atoms with Crippen LogP contribution in [0.15, 0.2) is 54.6 Å². The lowest BCUT2D eigenvalue weighted by Crippen LogP contribution is -2.20. The molecule has 4 rings (SSSR count). The largest absolute Gasteiger partial charge is 0.454 e. The molecular formula is C22H18ClN3O3. The molecule has 0 atom stereocenters. The fourth-order valence-corrected chi connectivity index (χ4v) is 3.38.